The Morgan fingerprint density at radius 1 is 1.03 bits per heavy atom. The first kappa shape index (κ1) is 23.3. The van der Waals surface area contributed by atoms with Gasteiger partial charge in [-0.3, -0.25) is 4.79 Å². The normalized spacial score (nSPS) is 13.6. The molecule has 3 rings (SSSR count). The van der Waals surface area contributed by atoms with Crippen LogP contribution in [0.1, 0.15) is 57.1 Å². The Morgan fingerprint density at radius 2 is 1.59 bits per heavy atom. The first-order valence-corrected chi connectivity index (χ1v) is 10.9. The van der Waals surface area contributed by atoms with Crippen molar-refractivity contribution in [2.45, 2.75) is 57.5 Å². The molecule has 0 heterocycles. The number of carbonyl (C=O) groups is 3. The number of alkyl carbamates (subject to hydrolysis) is 1. The molecule has 0 aromatic heterocycles. The highest BCUT2D eigenvalue weighted by molar-refractivity contribution is 5.92. The van der Waals surface area contributed by atoms with Crippen LogP contribution in [0.5, 0.6) is 0 Å². The van der Waals surface area contributed by atoms with Crippen LogP contribution in [0.2, 0.25) is 0 Å². The molecular formula is C25H30N2O5. The molecule has 1 unspecified atom stereocenters. The van der Waals surface area contributed by atoms with E-state index in [-0.39, 0.29) is 12.5 Å². The summed E-state index contributed by atoms with van der Waals surface area (Å²) in [7, 11) is 0. The molecule has 0 fully saturated rings. The lowest BCUT2D eigenvalue weighted by Gasteiger charge is -2.27. The van der Waals surface area contributed by atoms with E-state index in [4.69, 9.17) is 4.74 Å². The summed E-state index contributed by atoms with van der Waals surface area (Å²) in [6, 6.07) is 15.1. The molecule has 0 saturated carbocycles. The number of amides is 2. The monoisotopic (exact) mass is 438 g/mol. The molecule has 2 aromatic rings. The van der Waals surface area contributed by atoms with Crippen LogP contribution in [0, 0.1) is 0 Å². The molecule has 3 N–H and O–H groups in total. The smallest absolute Gasteiger partial charge is 0.408 e. The molecule has 2 amide bonds. The fourth-order valence-electron chi connectivity index (χ4n) is 3.95. The fourth-order valence-corrected chi connectivity index (χ4v) is 3.95. The van der Waals surface area contributed by atoms with Crippen LogP contribution in [0.4, 0.5) is 4.79 Å². The molecule has 7 heteroatoms. The summed E-state index contributed by atoms with van der Waals surface area (Å²) in [5, 5.41) is 14.4. The average molecular weight is 439 g/mol. The van der Waals surface area contributed by atoms with E-state index in [0.717, 1.165) is 28.7 Å². The Labute approximate surface area is 188 Å². The van der Waals surface area contributed by atoms with Crippen molar-refractivity contribution in [3.8, 4) is 11.1 Å². The first-order chi connectivity index (χ1) is 15.2. The average Bonchev–Trinajstić information content (AvgIpc) is 3.08. The number of hydrogen-bond donors (Lipinski definition) is 3. The Morgan fingerprint density at radius 3 is 2.12 bits per heavy atom. The summed E-state index contributed by atoms with van der Waals surface area (Å²) in [6.45, 7) is 5.11. The lowest BCUT2D eigenvalue weighted by atomic mass is 9.98. The molecule has 0 aliphatic heterocycles. The van der Waals surface area contributed by atoms with E-state index in [1.54, 1.807) is 0 Å². The van der Waals surface area contributed by atoms with Crippen molar-refractivity contribution < 1.29 is 24.2 Å². The Bertz CT molecular complexity index is 956. The molecular weight excluding hydrogens is 408 g/mol. The summed E-state index contributed by atoms with van der Waals surface area (Å²) in [5.74, 6) is -1.76. The predicted octanol–water partition coefficient (Wildman–Crippen LogP) is 4.06. The van der Waals surface area contributed by atoms with Gasteiger partial charge in [-0.25, -0.2) is 9.59 Å². The standard InChI is InChI=1S/C25H30N2O5/c1-4-5-14-21(22(28)29)26-23(30)25(2,3)27-24(31)32-15-20-18-12-8-6-10-16(18)17-11-7-9-13-19(17)20/h6-13,20-21H,4-5,14-15H2,1-3H3,(H,26,30)(H,27,31)(H,28,29). The van der Waals surface area contributed by atoms with E-state index >= 15 is 0 Å². The Hall–Kier alpha value is -3.35. The summed E-state index contributed by atoms with van der Waals surface area (Å²) in [6.07, 6.45) is 1.10. The van der Waals surface area contributed by atoms with Gasteiger partial charge in [0.1, 0.15) is 18.2 Å². The zero-order valence-electron chi connectivity index (χ0n) is 18.7. The third kappa shape index (κ3) is 5.10. The molecule has 170 valence electrons. The van der Waals surface area contributed by atoms with Gasteiger partial charge in [-0.2, -0.15) is 0 Å². The van der Waals surface area contributed by atoms with E-state index in [1.807, 2.05) is 43.3 Å². The SMILES string of the molecule is CCCCC(NC(=O)C(C)(C)NC(=O)OCC1c2ccccc2-c2ccccc21)C(=O)O. The maximum absolute atomic E-state index is 12.6. The zero-order valence-corrected chi connectivity index (χ0v) is 18.7. The molecule has 1 aliphatic carbocycles. The van der Waals surface area contributed by atoms with Crippen LogP contribution in [0.25, 0.3) is 11.1 Å². The number of hydrogen-bond acceptors (Lipinski definition) is 4. The van der Waals surface area contributed by atoms with E-state index < -0.39 is 29.6 Å². The Kier molecular flexibility index (Phi) is 7.18. The van der Waals surface area contributed by atoms with E-state index in [9.17, 15) is 19.5 Å². The van der Waals surface area contributed by atoms with Gasteiger partial charge in [-0.05, 0) is 42.5 Å². The van der Waals surface area contributed by atoms with Gasteiger partial charge in [0.25, 0.3) is 0 Å². The van der Waals surface area contributed by atoms with Crippen LogP contribution >= 0.6 is 0 Å². The molecule has 0 spiro atoms. The Balaban J connectivity index is 1.62. The summed E-state index contributed by atoms with van der Waals surface area (Å²) in [5.41, 5.74) is 3.12. The van der Waals surface area contributed by atoms with Crippen molar-refractivity contribution in [1.29, 1.82) is 0 Å². The largest absolute Gasteiger partial charge is 0.480 e. The summed E-state index contributed by atoms with van der Waals surface area (Å²) in [4.78, 5) is 36.5. The van der Waals surface area contributed by atoms with Gasteiger partial charge in [0, 0.05) is 5.92 Å². The molecule has 0 radical (unpaired) electrons. The minimum absolute atomic E-state index is 0.0875. The highest BCUT2D eigenvalue weighted by atomic mass is 16.5. The number of carboxylic acid groups (broad SMARTS) is 1. The third-order valence-electron chi connectivity index (χ3n) is 5.78. The minimum Gasteiger partial charge on any atom is -0.480 e. The first-order valence-electron chi connectivity index (χ1n) is 10.9. The number of unbranched alkanes of at least 4 members (excludes halogenated alkanes) is 1. The molecule has 2 aromatic carbocycles. The summed E-state index contributed by atoms with van der Waals surface area (Å²) >= 11 is 0. The van der Waals surface area contributed by atoms with Gasteiger partial charge in [-0.1, -0.05) is 68.3 Å². The fraction of sp³-hybridized carbons (Fsp3) is 0.400. The van der Waals surface area contributed by atoms with Gasteiger partial charge < -0.3 is 20.5 Å². The van der Waals surface area contributed by atoms with Crippen molar-refractivity contribution >= 4 is 18.0 Å². The predicted molar refractivity (Wildman–Crippen MR) is 121 cm³/mol. The van der Waals surface area contributed by atoms with Crippen molar-refractivity contribution in [1.82, 2.24) is 10.6 Å². The number of fused-ring (bicyclic) bond motifs is 3. The van der Waals surface area contributed by atoms with Crippen molar-refractivity contribution in [2.24, 2.45) is 0 Å². The molecule has 1 aliphatic rings. The molecule has 32 heavy (non-hydrogen) atoms. The number of ether oxygens (including phenoxy) is 1. The second kappa shape index (κ2) is 9.85. The van der Waals surface area contributed by atoms with Crippen LogP contribution in [-0.4, -0.2) is 41.3 Å². The third-order valence-corrected chi connectivity index (χ3v) is 5.78. The van der Waals surface area contributed by atoms with E-state index in [2.05, 4.69) is 22.8 Å². The van der Waals surface area contributed by atoms with Crippen molar-refractivity contribution in [2.75, 3.05) is 6.61 Å². The van der Waals surface area contributed by atoms with Crippen LogP contribution in [0.15, 0.2) is 48.5 Å². The number of aliphatic carboxylic acids is 1. The van der Waals surface area contributed by atoms with Crippen LogP contribution in [0.3, 0.4) is 0 Å². The summed E-state index contributed by atoms with van der Waals surface area (Å²) < 4.78 is 5.50. The minimum atomic E-state index is -1.33. The van der Waals surface area contributed by atoms with Gasteiger partial charge in [-0.15, -0.1) is 0 Å². The maximum Gasteiger partial charge on any atom is 0.408 e. The molecule has 0 bridgehead atoms. The number of nitrogens with one attached hydrogen (secondary N) is 2. The van der Waals surface area contributed by atoms with Gasteiger partial charge >= 0.3 is 12.1 Å². The zero-order chi connectivity index (χ0) is 23.3. The van der Waals surface area contributed by atoms with Crippen molar-refractivity contribution in [3.05, 3.63) is 59.7 Å². The molecule has 1 atom stereocenters. The lowest BCUT2D eigenvalue weighted by Crippen LogP contribution is -2.58. The van der Waals surface area contributed by atoms with Gasteiger partial charge in [0.05, 0.1) is 0 Å². The highest BCUT2D eigenvalue weighted by Gasteiger charge is 2.34. The number of rotatable bonds is 9. The van der Waals surface area contributed by atoms with Crippen LogP contribution < -0.4 is 10.6 Å². The number of carboxylic acids is 1. The van der Waals surface area contributed by atoms with Crippen LogP contribution in [-0.2, 0) is 14.3 Å². The molecule has 0 saturated heterocycles. The second-order valence-corrected chi connectivity index (χ2v) is 8.58. The second-order valence-electron chi connectivity index (χ2n) is 8.58. The lowest BCUT2D eigenvalue weighted by molar-refractivity contribution is -0.142. The topological polar surface area (TPSA) is 105 Å². The van der Waals surface area contributed by atoms with Gasteiger partial charge in [0.2, 0.25) is 5.91 Å². The van der Waals surface area contributed by atoms with Gasteiger partial charge in [0.15, 0.2) is 0 Å². The van der Waals surface area contributed by atoms with Crippen molar-refractivity contribution in [3.63, 3.8) is 0 Å². The number of carbonyl (C=O) groups excluding carboxylic acids is 2. The number of benzene rings is 2. The quantitative estimate of drug-likeness (QED) is 0.548. The maximum atomic E-state index is 12.6. The van der Waals surface area contributed by atoms with E-state index in [0.29, 0.717) is 12.8 Å². The highest BCUT2D eigenvalue weighted by Crippen LogP contribution is 2.44. The molecule has 7 nitrogen and oxygen atoms in total. The van der Waals surface area contributed by atoms with E-state index in [1.165, 1.54) is 13.8 Å².